The minimum absolute atomic E-state index is 0.113. The van der Waals surface area contributed by atoms with Crippen LogP contribution >= 0.6 is 0 Å². The average Bonchev–Trinajstić information content (AvgIpc) is 3.08. The first-order chi connectivity index (χ1) is 23.5. The summed E-state index contributed by atoms with van der Waals surface area (Å²) in [6.07, 6.45) is 12.6. The van der Waals surface area contributed by atoms with E-state index in [1.807, 2.05) is 6.07 Å². The van der Waals surface area contributed by atoms with Gasteiger partial charge in [0.2, 0.25) is 11.4 Å². The number of aryl methyl sites for hydroxylation is 4. The second-order valence-electron chi connectivity index (χ2n) is 12.9. The van der Waals surface area contributed by atoms with E-state index in [-0.39, 0.29) is 4.90 Å². The van der Waals surface area contributed by atoms with Gasteiger partial charge >= 0.3 is 0 Å². The van der Waals surface area contributed by atoms with Crippen LogP contribution in [0.4, 0.5) is 17.1 Å². The highest BCUT2D eigenvalue weighted by Crippen LogP contribution is 2.37. The van der Waals surface area contributed by atoms with E-state index in [1.165, 1.54) is 39.7 Å². The standard InChI is InChI=1S/C43H48N2O3S/c1-7-9-29-44(42-31(3)15-13-16-32(42)4)37-25-21-35(22-26-37)41(39-19-11-12-20-40(39)49(46,47)48)36-23-27-38(28-24-36)45(30-10-8-2)43-33(5)17-14-18-34(43)6/h11-28H,7-10,29-30H2,1-6H3/p+1. The minimum atomic E-state index is -4.49. The number of benzene rings is 4. The van der Waals surface area contributed by atoms with Crippen molar-refractivity contribution in [2.45, 2.75) is 72.1 Å². The van der Waals surface area contributed by atoms with Crippen molar-refractivity contribution in [3.63, 3.8) is 0 Å². The van der Waals surface area contributed by atoms with Crippen molar-refractivity contribution in [3.8, 4) is 0 Å². The molecular formula is C43H49N2O3S+. The Morgan fingerprint density at radius 3 is 1.84 bits per heavy atom. The summed E-state index contributed by atoms with van der Waals surface area (Å²) in [6.45, 7) is 14.8. The van der Waals surface area contributed by atoms with Gasteiger partial charge in [-0.3, -0.25) is 4.55 Å². The fourth-order valence-electron chi connectivity index (χ4n) is 6.83. The summed E-state index contributed by atoms with van der Waals surface area (Å²) in [4.78, 5) is 2.27. The molecule has 5 nitrogen and oxygen atoms in total. The van der Waals surface area contributed by atoms with Gasteiger partial charge in [-0.05, 0) is 92.3 Å². The SMILES string of the molecule is CCCCN(c1ccc(C(=C2C=CC(=[N+](CCCC)c3c(C)cccc3C)C=C2)c2ccccc2S(=O)(=O)O)cc1)c1c(C)cccc1C. The topological polar surface area (TPSA) is 60.6 Å². The highest BCUT2D eigenvalue weighted by atomic mass is 32.2. The van der Waals surface area contributed by atoms with E-state index < -0.39 is 10.1 Å². The molecule has 0 radical (unpaired) electrons. The molecule has 0 aromatic heterocycles. The molecule has 0 bridgehead atoms. The van der Waals surface area contributed by atoms with E-state index in [2.05, 4.69) is 136 Å². The summed E-state index contributed by atoms with van der Waals surface area (Å²) in [6, 6.07) is 27.9. The lowest BCUT2D eigenvalue weighted by Gasteiger charge is -2.29. The quantitative estimate of drug-likeness (QED) is 0.120. The van der Waals surface area contributed by atoms with Crippen LogP contribution in [0.25, 0.3) is 5.57 Å². The summed E-state index contributed by atoms with van der Waals surface area (Å²) in [5.41, 5.74) is 12.4. The molecule has 0 atom stereocenters. The van der Waals surface area contributed by atoms with E-state index in [4.69, 9.17) is 0 Å². The van der Waals surface area contributed by atoms with Gasteiger partial charge in [0, 0.05) is 53.2 Å². The Hall–Kier alpha value is -4.52. The molecule has 254 valence electrons. The molecule has 0 amide bonds. The van der Waals surface area contributed by atoms with Gasteiger partial charge in [0.05, 0.1) is 0 Å². The van der Waals surface area contributed by atoms with Crippen LogP contribution in [0.3, 0.4) is 0 Å². The van der Waals surface area contributed by atoms with E-state index in [9.17, 15) is 13.0 Å². The third-order valence-electron chi connectivity index (χ3n) is 9.26. The van der Waals surface area contributed by atoms with Crippen molar-refractivity contribution in [1.82, 2.24) is 0 Å². The molecule has 4 aromatic rings. The lowest BCUT2D eigenvalue weighted by Crippen LogP contribution is -2.20. The second-order valence-corrected chi connectivity index (χ2v) is 14.3. The lowest BCUT2D eigenvalue weighted by molar-refractivity contribution is -0.440. The molecule has 6 heteroatoms. The maximum atomic E-state index is 12.7. The minimum Gasteiger partial charge on any atom is -0.341 e. The highest BCUT2D eigenvalue weighted by Gasteiger charge is 2.24. The normalized spacial score (nSPS) is 12.8. The van der Waals surface area contributed by atoms with Gasteiger partial charge in [0.15, 0.2) is 0 Å². The monoisotopic (exact) mass is 673 g/mol. The number of hydrogen-bond donors (Lipinski definition) is 1. The van der Waals surface area contributed by atoms with Gasteiger partial charge in [-0.25, -0.2) is 0 Å². The number of hydrogen-bond acceptors (Lipinski definition) is 3. The number of rotatable bonds is 12. The van der Waals surface area contributed by atoms with Crippen LogP contribution in [-0.2, 0) is 10.1 Å². The maximum absolute atomic E-state index is 12.7. The molecule has 0 spiro atoms. The highest BCUT2D eigenvalue weighted by molar-refractivity contribution is 7.86. The Labute approximate surface area is 293 Å². The first kappa shape index (κ1) is 35.8. The smallest absolute Gasteiger partial charge is 0.295 e. The Kier molecular flexibility index (Phi) is 11.5. The van der Waals surface area contributed by atoms with Crippen molar-refractivity contribution in [2.75, 3.05) is 18.0 Å². The van der Waals surface area contributed by atoms with Crippen LogP contribution in [0.1, 0.15) is 72.9 Å². The number of allylic oxidation sites excluding steroid dienone is 5. The van der Waals surface area contributed by atoms with E-state index in [1.54, 1.807) is 12.1 Å². The third-order valence-corrected chi connectivity index (χ3v) is 10.2. The summed E-state index contributed by atoms with van der Waals surface area (Å²) in [5.74, 6) is 0. The van der Waals surface area contributed by atoms with Crippen LogP contribution in [0.15, 0.2) is 120 Å². The Bertz CT molecular complexity index is 1990. The molecular weight excluding hydrogens is 625 g/mol. The Balaban J connectivity index is 1.67. The lowest BCUT2D eigenvalue weighted by atomic mass is 9.90. The van der Waals surface area contributed by atoms with Gasteiger partial charge < -0.3 is 4.90 Å². The molecule has 1 aliphatic carbocycles. The molecule has 5 rings (SSSR count). The van der Waals surface area contributed by atoms with Gasteiger partial charge in [-0.2, -0.15) is 13.0 Å². The van der Waals surface area contributed by atoms with Crippen molar-refractivity contribution in [1.29, 1.82) is 0 Å². The predicted octanol–water partition coefficient (Wildman–Crippen LogP) is 10.6. The Morgan fingerprint density at radius 2 is 1.27 bits per heavy atom. The van der Waals surface area contributed by atoms with Crippen LogP contribution in [0, 0.1) is 27.7 Å². The largest absolute Gasteiger partial charge is 0.341 e. The first-order valence-electron chi connectivity index (χ1n) is 17.4. The fourth-order valence-corrected chi connectivity index (χ4v) is 7.53. The molecule has 0 aliphatic heterocycles. The van der Waals surface area contributed by atoms with Gasteiger partial charge in [-0.1, -0.05) is 93.4 Å². The molecule has 0 saturated heterocycles. The zero-order chi connectivity index (χ0) is 35.1. The van der Waals surface area contributed by atoms with E-state index in [0.29, 0.717) is 5.56 Å². The zero-order valence-electron chi connectivity index (χ0n) is 29.7. The fraction of sp³-hybridized carbons (Fsp3) is 0.279. The molecule has 1 aliphatic rings. The Morgan fingerprint density at radius 1 is 0.694 bits per heavy atom. The third kappa shape index (κ3) is 8.04. The summed E-state index contributed by atoms with van der Waals surface area (Å²) in [7, 11) is -4.49. The van der Waals surface area contributed by atoms with Crippen LogP contribution in [-0.4, -0.2) is 36.3 Å². The second kappa shape index (κ2) is 15.8. The molecule has 0 unspecified atom stereocenters. The summed E-state index contributed by atoms with van der Waals surface area (Å²) in [5, 5.41) is 0. The summed E-state index contributed by atoms with van der Waals surface area (Å²) >= 11 is 0. The van der Waals surface area contributed by atoms with Crippen molar-refractivity contribution < 1.29 is 17.5 Å². The molecule has 0 saturated carbocycles. The van der Waals surface area contributed by atoms with Crippen molar-refractivity contribution in [2.24, 2.45) is 0 Å². The first-order valence-corrected chi connectivity index (χ1v) is 18.8. The molecule has 0 fully saturated rings. The zero-order valence-corrected chi connectivity index (χ0v) is 30.5. The molecule has 4 aromatic carbocycles. The molecule has 0 heterocycles. The van der Waals surface area contributed by atoms with Gasteiger partial charge in [-0.15, -0.1) is 0 Å². The van der Waals surface area contributed by atoms with Crippen LogP contribution < -0.4 is 4.90 Å². The molecule has 1 N–H and O–H groups in total. The van der Waals surface area contributed by atoms with Crippen LogP contribution in [0.5, 0.6) is 0 Å². The number of anilines is 2. The number of nitrogens with zero attached hydrogens (tertiary/aromatic N) is 2. The number of para-hydroxylation sites is 2. The number of unbranched alkanes of at least 4 members (excludes halogenated alkanes) is 2. The summed E-state index contributed by atoms with van der Waals surface area (Å²) < 4.78 is 38.1. The van der Waals surface area contributed by atoms with Crippen molar-refractivity contribution >= 4 is 38.5 Å². The van der Waals surface area contributed by atoms with Gasteiger partial charge in [0.1, 0.15) is 11.4 Å². The van der Waals surface area contributed by atoms with Crippen molar-refractivity contribution in [3.05, 3.63) is 148 Å². The van der Waals surface area contributed by atoms with Crippen LogP contribution in [0.2, 0.25) is 0 Å². The van der Waals surface area contributed by atoms with E-state index >= 15 is 0 Å². The predicted molar refractivity (Wildman–Crippen MR) is 205 cm³/mol. The average molecular weight is 674 g/mol. The maximum Gasteiger partial charge on any atom is 0.295 e. The van der Waals surface area contributed by atoms with Gasteiger partial charge in [0.25, 0.3) is 10.1 Å². The van der Waals surface area contributed by atoms with E-state index in [0.717, 1.165) is 66.9 Å². The molecule has 49 heavy (non-hydrogen) atoms.